The molecule has 0 spiro atoms. The smallest absolute Gasteiger partial charge is 0.274 e. The highest BCUT2D eigenvalue weighted by molar-refractivity contribution is 6.03. The minimum Gasteiger partial charge on any atom is -0.454 e. The topological polar surface area (TPSA) is 72.5 Å². The van der Waals surface area contributed by atoms with Gasteiger partial charge in [0.2, 0.25) is 6.79 Å². The fourth-order valence-corrected chi connectivity index (χ4v) is 2.84. The largest absolute Gasteiger partial charge is 0.454 e. The fourth-order valence-electron chi connectivity index (χ4n) is 2.84. The number of rotatable bonds is 4. The monoisotopic (exact) mass is 361 g/mol. The van der Waals surface area contributed by atoms with E-state index in [1.807, 2.05) is 18.2 Å². The maximum atomic E-state index is 12.6. The van der Waals surface area contributed by atoms with Crippen LogP contribution in [0.2, 0.25) is 0 Å². The van der Waals surface area contributed by atoms with Crippen molar-refractivity contribution >= 4 is 23.0 Å². The summed E-state index contributed by atoms with van der Waals surface area (Å²) >= 11 is 0. The van der Waals surface area contributed by atoms with Crippen molar-refractivity contribution in [3.63, 3.8) is 0 Å². The van der Waals surface area contributed by atoms with Gasteiger partial charge in [-0.1, -0.05) is 12.1 Å². The van der Waals surface area contributed by atoms with E-state index in [-0.39, 0.29) is 12.7 Å². The number of nitrogens with zero attached hydrogens (tertiary/aromatic N) is 1. The highest BCUT2D eigenvalue weighted by Crippen LogP contribution is 2.34. The molecule has 136 valence electrons. The Bertz CT molecular complexity index is 1020. The number of amides is 1. The zero-order valence-electron chi connectivity index (χ0n) is 15.1. The number of nitrogens with one attached hydrogen (secondary N) is 2. The standard InChI is InChI=1S/C21H19N3O3/c1-13-4-3-5-17(14(13)2)23-16-8-9-22-18(10-16)21(25)24-15-6-7-19-20(11-15)27-12-26-19/h3-11H,12H2,1-2H3,(H,22,23)(H,24,25). The Morgan fingerprint density at radius 3 is 2.74 bits per heavy atom. The molecule has 6 heteroatoms. The Hall–Kier alpha value is -3.54. The van der Waals surface area contributed by atoms with E-state index in [1.54, 1.807) is 30.5 Å². The quantitative estimate of drug-likeness (QED) is 0.719. The molecule has 6 nitrogen and oxygen atoms in total. The third-order valence-corrected chi connectivity index (χ3v) is 4.51. The number of hydrogen-bond acceptors (Lipinski definition) is 5. The lowest BCUT2D eigenvalue weighted by Gasteiger charge is -2.12. The Kier molecular flexibility index (Phi) is 4.38. The van der Waals surface area contributed by atoms with Crippen molar-refractivity contribution in [2.45, 2.75) is 13.8 Å². The van der Waals surface area contributed by atoms with Crippen LogP contribution in [-0.2, 0) is 0 Å². The van der Waals surface area contributed by atoms with Crippen LogP contribution in [0.3, 0.4) is 0 Å². The molecular weight excluding hydrogens is 342 g/mol. The molecule has 2 N–H and O–H groups in total. The van der Waals surface area contributed by atoms with E-state index in [2.05, 4.69) is 35.5 Å². The van der Waals surface area contributed by atoms with Crippen LogP contribution in [0.4, 0.5) is 17.1 Å². The molecule has 2 aromatic carbocycles. The van der Waals surface area contributed by atoms with Crippen molar-refractivity contribution in [1.82, 2.24) is 4.98 Å². The minimum atomic E-state index is -0.293. The molecule has 0 unspecified atom stereocenters. The van der Waals surface area contributed by atoms with Crippen LogP contribution in [0.5, 0.6) is 11.5 Å². The first-order chi connectivity index (χ1) is 13.1. The molecule has 0 bridgehead atoms. The maximum absolute atomic E-state index is 12.6. The summed E-state index contributed by atoms with van der Waals surface area (Å²) < 4.78 is 10.6. The molecule has 1 aliphatic rings. The molecule has 2 heterocycles. The first kappa shape index (κ1) is 16.9. The molecule has 0 saturated carbocycles. The third-order valence-electron chi connectivity index (χ3n) is 4.51. The molecule has 3 aromatic rings. The molecule has 0 radical (unpaired) electrons. The summed E-state index contributed by atoms with van der Waals surface area (Å²) in [7, 11) is 0. The molecule has 1 aliphatic heterocycles. The molecule has 27 heavy (non-hydrogen) atoms. The highest BCUT2D eigenvalue weighted by Gasteiger charge is 2.15. The van der Waals surface area contributed by atoms with Crippen molar-refractivity contribution in [2.75, 3.05) is 17.4 Å². The van der Waals surface area contributed by atoms with Gasteiger partial charge in [0.05, 0.1) is 0 Å². The summed E-state index contributed by atoms with van der Waals surface area (Å²) in [6.07, 6.45) is 1.61. The van der Waals surface area contributed by atoms with E-state index in [0.29, 0.717) is 22.9 Å². The van der Waals surface area contributed by atoms with Gasteiger partial charge in [0.25, 0.3) is 5.91 Å². The summed E-state index contributed by atoms with van der Waals surface area (Å²) in [4.78, 5) is 16.7. The number of aryl methyl sites for hydroxylation is 1. The lowest BCUT2D eigenvalue weighted by molar-refractivity contribution is 0.102. The summed E-state index contributed by atoms with van der Waals surface area (Å²) in [5.41, 5.74) is 5.12. The lowest BCUT2D eigenvalue weighted by atomic mass is 10.1. The van der Waals surface area contributed by atoms with Crippen molar-refractivity contribution in [1.29, 1.82) is 0 Å². The SMILES string of the molecule is Cc1cccc(Nc2ccnc(C(=O)Nc3ccc4c(c3)OCO4)c2)c1C. The summed E-state index contributed by atoms with van der Waals surface area (Å²) in [6.45, 7) is 4.32. The van der Waals surface area contributed by atoms with Crippen molar-refractivity contribution < 1.29 is 14.3 Å². The van der Waals surface area contributed by atoms with Gasteiger partial charge in [-0.3, -0.25) is 9.78 Å². The van der Waals surface area contributed by atoms with Crippen molar-refractivity contribution in [3.8, 4) is 11.5 Å². The third kappa shape index (κ3) is 3.55. The number of benzene rings is 2. The Morgan fingerprint density at radius 2 is 1.85 bits per heavy atom. The fraction of sp³-hybridized carbons (Fsp3) is 0.143. The van der Waals surface area contributed by atoms with E-state index in [1.165, 1.54) is 11.1 Å². The predicted molar refractivity (Wildman–Crippen MR) is 104 cm³/mol. The number of aromatic nitrogens is 1. The molecule has 0 atom stereocenters. The van der Waals surface area contributed by atoms with E-state index in [4.69, 9.17) is 9.47 Å². The normalized spacial score (nSPS) is 11.9. The number of pyridine rings is 1. The molecule has 0 fully saturated rings. The number of fused-ring (bicyclic) bond motifs is 1. The van der Waals surface area contributed by atoms with Gasteiger partial charge in [0.15, 0.2) is 11.5 Å². The predicted octanol–water partition coefficient (Wildman–Crippen LogP) is 4.42. The first-order valence-electron chi connectivity index (χ1n) is 8.60. The maximum Gasteiger partial charge on any atom is 0.274 e. The Labute approximate surface area is 157 Å². The van der Waals surface area contributed by atoms with E-state index in [9.17, 15) is 4.79 Å². The van der Waals surface area contributed by atoms with Gasteiger partial charge >= 0.3 is 0 Å². The number of ether oxygens (including phenoxy) is 2. The highest BCUT2D eigenvalue weighted by atomic mass is 16.7. The van der Waals surface area contributed by atoms with Gasteiger partial charge in [0.1, 0.15) is 5.69 Å². The second-order valence-electron chi connectivity index (χ2n) is 6.32. The van der Waals surface area contributed by atoms with E-state index < -0.39 is 0 Å². The van der Waals surface area contributed by atoms with E-state index >= 15 is 0 Å². The van der Waals surface area contributed by atoms with Crippen LogP contribution in [0, 0.1) is 13.8 Å². The van der Waals surface area contributed by atoms with Crippen molar-refractivity contribution in [2.24, 2.45) is 0 Å². The van der Waals surface area contributed by atoms with Gasteiger partial charge in [0, 0.05) is 29.3 Å². The van der Waals surface area contributed by atoms with Crippen LogP contribution < -0.4 is 20.1 Å². The van der Waals surface area contributed by atoms with Crippen LogP contribution in [0.25, 0.3) is 0 Å². The lowest BCUT2D eigenvalue weighted by Crippen LogP contribution is -2.13. The van der Waals surface area contributed by atoms with Gasteiger partial charge in [-0.2, -0.15) is 0 Å². The average Bonchev–Trinajstić information content (AvgIpc) is 3.13. The second kappa shape index (κ2) is 6.99. The van der Waals surface area contributed by atoms with Gasteiger partial charge in [-0.25, -0.2) is 0 Å². The first-order valence-corrected chi connectivity index (χ1v) is 8.60. The molecule has 1 aromatic heterocycles. The number of carbonyl (C=O) groups excluding carboxylic acids is 1. The van der Waals surface area contributed by atoms with E-state index in [0.717, 1.165) is 11.4 Å². The summed E-state index contributed by atoms with van der Waals surface area (Å²) in [5, 5.41) is 6.18. The van der Waals surface area contributed by atoms with Crippen LogP contribution in [-0.4, -0.2) is 17.7 Å². The zero-order chi connectivity index (χ0) is 18.8. The Balaban J connectivity index is 1.51. The summed E-state index contributed by atoms with van der Waals surface area (Å²) in [5.74, 6) is 0.996. The van der Waals surface area contributed by atoms with Crippen LogP contribution >= 0.6 is 0 Å². The van der Waals surface area contributed by atoms with Crippen molar-refractivity contribution in [3.05, 3.63) is 71.5 Å². The zero-order valence-corrected chi connectivity index (χ0v) is 15.1. The van der Waals surface area contributed by atoms with Crippen LogP contribution in [0.15, 0.2) is 54.7 Å². The Morgan fingerprint density at radius 1 is 1.00 bits per heavy atom. The second-order valence-corrected chi connectivity index (χ2v) is 6.32. The number of hydrogen-bond donors (Lipinski definition) is 2. The number of carbonyl (C=O) groups is 1. The van der Waals surface area contributed by atoms with Gasteiger partial charge in [-0.05, 0) is 55.3 Å². The van der Waals surface area contributed by atoms with Gasteiger partial charge in [-0.15, -0.1) is 0 Å². The molecule has 1 amide bonds. The van der Waals surface area contributed by atoms with Crippen LogP contribution in [0.1, 0.15) is 21.6 Å². The van der Waals surface area contributed by atoms with Gasteiger partial charge < -0.3 is 20.1 Å². The number of anilines is 3. The molecule has 0 saturated heterocycles. The molecule has 0 aliphatic carbocycles. The molecule has 4 rings (SSSR count). The average molecular weight is 361 g/mol. The minimum absolute atomic E-state index is 0.195. The summed E-state index contributed by atoms with van der Waals surface area (Å²) in [6, 6.07) is 14.9. The molecular formula is C21H19N3O3.